The Kier molecular flexibility index (Phi) is 12.0. The first-order valence-electron chi connectivity index (χ1n) is 3.06. The maximum Gasteiger partial charge on any atom is 0.188 e. The van der Waals surface area contributed by atoms with Gasteiger partial charge in [0.2, 0.25) is 0 Å². The lowest BCUT2D eigenvalue weighted by Gasteiger charge is -1.99. The summed E-state index contributed by atoms with van der Waals surface area (Å²) in [6, 6.07) is 0. The molecule has 0 saturated heterocycles. The van der Waals surface area contributed by atoms with Crippen molar-refractivity contribution in [3.8, 4) is 0 Å². The third-order valence-electron chi connectivity index (χ3n) is 0.810. The van der Waals surface area contributed by atoms with E-state index in [-0.39, 0.29) is 17.0 Å². The number of rotatable bonds is 4. The fourth-order valence-electron chi connectivity index (χ4n) is 0.403. The molecule has 0 saturated carbocycles. The number of aliphatic imine (C=N–C) groups is 1. The molecule has 0 aromatic heterocycles. The Bertz CT molecular complexity index is 127. The molecule has 0 aliphatic carbocycles. The van der Waals surface area contributed by atoms with Crippen LogP contribution in [0.4, 0.5) is 0 Å². The van der Waals surface area contributed by atoms with Crippen LogP contribution in [-0.2, 0) is 0 Å². The number of thiol groups is 1. The third kappa shape index (κ3) is 9.84. The van der Waals surface area contributed by atoms with Gasteiger partial charge >= 0.3 is 0 Å². The Morgan fingerprint density at radius 3 is 2.82 bits per heavy atom. The Morgan fingerprint density at radius 2 is 2.36 bits per heavy atom. The summed E-state index contributed by atoms with van der Waals surface area (Å²) < 4.78 is 0. The van der Waals surface area contributed by atoms with Crippen molar-refractivity contribution in [2.24, 2.45) is 10.7 Å². The van der Waals surface area contributed by atoms with Crippen molar-refractivity contribution >= 4 is 35.6 Å². The monoisotopic (exact) mass is 239 g/mol. The first kappa shape index (κ1) is 13.4. The molecule has 0 spiro atoms. The molecule has 0 aliphatic rings. The average Bonchev–Trinajstić information content (AvgIpc) is 1.97. The molecule has 0 rings (SSSR count). The van der Waals surface area contributed by atoms with Gasteiger partial charge in [-0.3, -0.25) is 4.99 Å². The molecule has 0 fully saturated rings. The van der Waals surface area contributed by atoms with Crippen LogP contribution in [0.1, 0.15) is 0 Å². The molecule has 0 atom stereocenters. The highest BCUT2D eigenvalue weighted by Gasteiger charge is 1.84. The molecule has 0 unspecified atom stereocenters. The molecule has 3 N–H and O–H groups in total. The molecule has 0 aromatic rings. The molecular formula is C6H14BrN3S. The maximum absolute atomic E-state index is 5.40. The molecule has 0 heterocycles. The Morgan fingerprint density at radius 1 is 1.73 bits per heavy atom. The van der Waals surface area contributed by atoms with Crippen molar-refractivity contribution in [3.05, 3.63) is 12.7 Å². The van der Waals surface area contributed by atoms with E-state index in [0.29, 0.717) is 19.0 Å². The standard InChI is InChI=1S/C6H13N3S.BrH/c1-2-3-8-6(7)9-4-5-10;/h2,10H,1,3-5H2,(H3,7,8,9);1H. The first-order valence-corrected chi connectivity index (χ1v) is 3.70. The van der Waals surface area contributed by atoms with Crippen LogP contribution in [0.5, 0.6) is 0 Å². The fourth-order valence-corrected chi connectivity index (χ4v) is 0.503. The fraction of sp³-hybridized carbons (Fsp3) is 0.500. The summed E-state index contributed by atoms with van der Waals surface area (Å²) in [6.45, 7) is 4.83. The molecule has 66 valence electrons. The van der Waals surface area contributed by atoms with Crippen LogP contribution < -0.4 is 11.1 Å². The Labute approximate surface area is 83.3 Å². The quantitative estimate of drug-likeness (QED) is 0.291. The Balaban J connectivity index is 0. The van der Waals surface area contributed by atoms with Crippen LogP contribution in [0, 0.1) is 0 Å². The molecule has 11 heavy (non-hydrogen) atoms. The van der Waals surface area contributed by atoms with Gasteiger partial charge in [-0.25, -0.2) is 0 Å². The van der Waals surface area contributed by atoms with E-state index in [1.165, 1.54) is 0 Å². The number of guanidine groups is 1. The molecular weight excluding hydrogens is 226 g/mol. The van der Waals surface area contributed by atoms with Crippen molar-refractivity contribution in [3.63, 3.8) is 0 Å². The summed E-state index contributed by atoms with van der Waals surface area (Å²) in [5.41, 5.74) is 5.40. The second-order valence-corrected chi connectivity index (χ2v) is 2.11. The van der Waals surface area contributed by atoms with Gasteiger partial charge in [0.25, 0.3) is 0 Å². The smallest absolute Gasteiger partial charge is 0.188 e. The van der Waals surface area contributed by atoms with E-state index in [2.05, 4.69) is 29.5 Å². The predicted molar refractivity (Wildman–Crippen MR) is 58.9 cm³/mol. The van der Waals surface area contributed by atoms with Crippen molar-refractivity contribution in [1.82, 2.24) is 5.32 Å². The van der Waals surface area contributed by atoms with Gasteiger partial charge in [-0.2, -0.15) is 12.6 Å². The maximum atomic E-state index is 5.40. The van der Waals surface area contributed by atoms with Crippen LogP contribution in [0.3, 0.4) is 0 Å². The van der Waals surface area contributed by atoms with Crippen molar-refractivity contribution < 1.29 is 0 Å². The summed E-state index contributed by atoms with van der Waals surface area (Å²) in [5.74, 6) is 1.17. The Hall–Kier alpha value is -0.160. The van der Waals surface area contributed by atoms with E-state index in [0.717, 1.165) is 5.75 Å². The SMILES string of the molecule is Br.C=CCNC(N)=NCCS. The van der Waals surface area contributed by atoms with E-state index in [9.17, 15) is 0 Å². The average molecular weight is 240 g/mol. The van der Waals surface area contributed by atoms with Crippen LogP contribution in [0.25, 0.3) is 0 Å². The highest BCUT2D eigenvalue weighted by atomic mass is 79.9. The number of nitrogens with one attached hydrogen (secondary N) is 1. The van der Waals surface area contributed by atoms with Gasteiger partial charge in [-0.15, -0.1) is 23.6 Å². The van der Waals surface area contributed by atoms with E-state index < -0.39 is 0 Å². The van der Waals surface area contributed by atoms with Gasteiger partial charge in [0.15, 0.2) is 5.96 Å². The first-order chi connectivity index (χ1) is 4.81. The molecule has 0 bridgehead atoms. The number of hydrogen-bond acceptors (Lipinski definition) is 2. The third-order valence-corrected chi connectivity index (χ3v) is 1.01. The largest absolute Gasteiger partial charge is 0.370 e. The summed E-state index contributed by atoms with van der Waals surface area (Å²) in [6.07, 6.45) is 1.73. The van der Waals surface area contributed by atoms with Crippen molar-refractivity contribution in [2.75, 3.05) is 18.8 Å². The van der Waals surface area contributed by atoms with Gasteiger partial charge in [-0.1, -0.05) is 6.08 Å². The van der Waals surface area contributed by atoms with E-state index >= 15 is 0 Å². The zero-order valence-electron chi connectivity index (χ0n) is 6.29. The van der Waals surface area contributed by atoms with Crippen LogP contribution in [0.15, 0.2) is 17.6 Å². The normalized spacial score (nSPS) is 10.1. The minimum Gasteiger partial charge on any atom is -0.370 e. The summed E-state index contributed by atoms with van der Waals surface area (Å²) in [7, 11) is 0. The zero-order chi connectivity index (χ0) is 7.82. The van der Waals surface area contributed by atoms with E-state index in [1.807, 2.05) is 0 Å². The van der Waals surface area contributed by atoms with Gasteiger partial charge in [0, 0.05) is 12.3 Å². The molecule has 5 heteroatoms. The van der Waals surface area contributed by atoms with Crippen molar-refractivity contribution in [2.45, 2.75) is 0 Å². The van der Waals surface area contributed by atoms with Crippen LogP contribution >= 0.6 is 29.6 Å². The molecule has 0 amide bonds. The van der Waals surface area contributed by atoms with E-state index in [1.54, 1.807) is 6.08 Å². The second-order valence-electron chi connectivity index (χ2n) is 1.66. The summed E-state index contributed by atoms with van der Waals surface area (Å²) in [5, 5.41) is 2.84. The number of nitrogens with two attached hydrogens (primary N) is 1. The van der Waals surface area contributed by atoms with Crippen molar-refractivity contribution in [1.29, 1.82) is 0 Å². The molecule has 0 radical (unpaired) electrons. The minimum absolute atomic E-state index is 0. The highest BCUT2D eigenvalue weighted by molar-refractivity contribution is 8.93. The molecule has 3 nitrogen and oxygen atoms in total. The summed E-state index contributed by atoms with van der Waals surface area (Å²) >= 11 is 3.98. The second kappa shape index (κ2) is 9.84. The topological polar surface area (TPSA) is 50.4 Å². The molecule has 0 aliphatic heterocycles. The zero-order valence-corrected chi connectivity index (χ0v) is 8.89. The van der Waals surface area contributed by atoms with Gasteiger partial charge in [0.1, 0.15) is 0 Å². The number of hydrogen-bond donors (Lipinski definition) is 3. The van der Waals surface area contributed by atoms with Gasteiger partial charge in [-0.05, 0) is 0 Å². The van der Waals surface area contributed by atoms with Gasteiger partial charge < -0.3 is 11.1 Å². The van der Waals surface area contributed by atoms with E-state index in [4.69, 9.17) is 5.73 Å². The van der Waals surface area contributed by atoms with Gasteiger partial charge in [0.05, 0.1) is 6.54 Å². The summed E-state index contributed by atoms with van der Waals surface area (Å²) in [4.78, 5) is 3.94. The minimum atomic E-state index is 0. The predicted octanol–water partition coefficient (Wildman–Crippen LogP) is 0.584. The number of halogens is 1. The lowest BCUT2D eigenvalue weighted by molar-refractivity contribution is 0.993. The lowest BCUT2D eigenvalue weighted by atomic mass is 10.6. The lowest BCUT2D eigenvalue weighted by Crippen LogP contribution is -2.31. The molecule has 0 aromatic carbocycles. The van der Waals surface area contributed by atoms with Crippen LogP contribution in [-0.4, -0.2) is 24.8 Å². The van der Waals surface area contributed by atoms with Crippen LogP contribution in [0.2, 0.25) is 0 Å². The number of nitrogens with zero attached hydrogens (tertiary/aromatic N) is 1. The highest BCUT2D eigenvalue weighted by Crippen LogP contribution is 1.74.